The van der Waals surface area contributed by atoms with E-state index in [-0.39, 0.29) is 5.75 Å². The van der Waals surface area contributed by atoms with Crippen molar-refractivity contribution in [2.75, 3.05) is 0 Å². The number of halogens is 1. The number of fused-ring (bicyclic) bond motifs is 1. The lowest BCUT2D eigenvalue weighted by molar-refractivity contribution is 0.0727. The lowest BCUT2D eigenvalue weighted by Crippen LogP contribution is -2.30. The van der Waals surface area contributed by atoms with Crippen molar-refractivity contribution in [1.82, 2.24) is 0 Å². The molecule has 2 saturated carbocycles. The molecule has 0 spiro atoms. The Kier molecular flexibility index (Phi) is 8.95. The van der Waals surface area contributed by atoms with Crippen molar-refractivity contribution in [2.24, 2.45) is 17.8 Å². The predicted molar refractivity (Wildman–Crippen MR) is 141 cm³/mol. The maximum absolute atomic E-state index is 14.5. The standard InChI is InChI=1S/C32H39FO2/c1-3-5-7-9-24-11-19-31(30(33)21-24)35-32(34)26-15-13-25(14-16-26)28-18-17-27-20-23(8-6-4-2)10-12-29(27)22-28/h3-5,11,13-16,19,21,23,27-29H,2,6-10,12,17-18,20,22H2,1H3/b5-3+. The summed E-state index contributed by atoms with van der Waals surface area (Å²) < 4.78 is 19.8. The van der Waals surface area contributed by atoms with Crippen LogP contribution in [0.3, 0.4) is 0 Å². The zero-order valence-electron chi connectivity index (χ0n) is 21.1. The third-order valence-electron chi connectivity index (χ3n) is 8.15. The fourth-order valence-electron chi connectivity index (χ4n) is 6.15. The second-order valence-electron chi connectivity index (χ2n) is 10.5. The van der Waals surface area contributed by atoms with Crippen LogP contribution in [-0.2, 0) is 6.42 Å². The number of esters is 1. The molecule has 0 aromatic heterocycles. The molecule has 0 amide bonds. The molecule has 3 heteroatoms. The van der Waals surface area contributed by atoms with E-state index in [9.17, 15) is 9.18 Å². The molecular formula is C32H39FO2. The van der Waals surface area contributed by atoms with Crippen LogP contribution in [0, 0.1) is 23.6 Å². The van der Waals surface area contributed by atoms with Crippen molar-refractivity contribution < 1.29 is 13.9 Å². The van der Waals surface area contributed by atoms with Crippen LogP contribution >= 0.6 is 0 Å². The molecular weight excluding hydrogens is 435 g/mol. The summed E-state index contributed by atoms with van der Waals surface area (Å²) in [7, 11) is 0. The number of ether oxygens (including phenoxy) is 1. The zero-order valence-corrected chi connectivity index (χ0v) is 21.1. The molecule has 4 atom stereocenters. The van der Waals surface area contributed by atoms with Gasteiger partial charge in [0.2, 0.25) is 0 Å². The smallest absolute Gasteiger partial charge is 0.343 e. The van der Waals surface area contributed by atoms with Gasteiger partial charge in [-0.15, -0.1) is 6.58 Å². The number of carbonyl (C=O) groups is 1. The molecule has 35 heavy (non-hydrogen) atoms. The van der Waals surface area contributed by atoms with Crippen molar-refractivity contribution in [3.8, 4) is 5.75 Å². The van der Waals surface area contributed by atoms with E-state index in [2.05, 4.69) is 30.9 Å². The largest absolute Gasteiger partial charge is 0.420 e. The Hall–Kier alpha value is -2.68. The van der Waals surface area contributed by atoms with Gasteiger partial charge in [0.25, 0.3) is 0 Å². The summed E-state index contributed by atoms with van der Waals surface area (Å²) in [6, 6.07) is 12.6. The second-order valence-corrected chi connectivity index (χ2v) is 10.5. The number of hydrogen-bond donors (Lipinski definition) is 0. The maximum atomic E-state index is 14.5. The molecule has 2 aliphatic carbocycles. The summed E-state index contributed by atoms with van der Waals surface area (Å²) in [5, 5.41) is 0. The topological polar surface area (TPSA) is 26.3 Å². The number of aryl methyl sites for hydroxylation is 1. The highest BCUT2D eigenvalue weighted by Crippen LogP contribution is 2.48. The second kappa shape index (κ2) is 12.3. The first-order valence-electron chi connectivity index (χ1n) is 13.4. The monoisotopic (exact) mass is 474 g/mol. The van der Waals surface area contributed by atoms with Gasteiger partial charge in [0.05, 0.1) is 5.56 Å². The van der Waals surface area contributed by atoms with Gasteiger partial charge in [0, 0.05) is 0 Å². The molecule has 2 aromatic carbocycles. The first-order chi connectivity index (χ1) is 17.1. The molecule has 2 fully saturated rings. The molecule has 186 valence electrons. The van der Waals surface area contributed by atoms with Crippen molar-refractivity contribution in [3.63, 3.8) is 0 Å². The molecule has 2 aliphatic rings. The van der Waals surface area contributed by atoms with Gasteiger partial charge >= 0.3 is 5.97 Å². The first-order valence-corrected chi connectivity index (χ1v) is 13.4. The lowest BCUT2D eigenvalue weighted by atomic mass is 9.63. The zero-order chi connectivity index (χ0) is 24.6. The van der Waals surface area contributed by atoms with E-state index >= 15 is 0 Å². The minimum absolute atomic E-state index is 0.0177. The molecule has 0 saturated heterocycles. The summed E-state index contributed by atoms with van der Waals surface area (Å²) in [5.74, 6) is 2.14. The number of hydrogen-bond acceptors (Lipinski definition) is 2. The third-order valence-corrected chi connectivity index (χ3v) is 8.15. The van der Waals surface area contributed by atoms with E-state index in [0.717, 1.165) is 42.6 Å². The number of carbonyl (C=O) groups excluding carboxylic acids is 1. The van der Waals surface area contributed by atoms with Crippen molar-refractivity contribution in [1.29, 1.82) is 0 Å². The minimum atomic E-state index is -0.515. The number of benzene rings is 2. The van der Waals surface area contributed by atoms with Crippen LogP contribution in [0.15, 0.2) is 67.3 Å². The lowest BCUT2D eigenvalue weighted by Gasteiger charge is -2.42. The molecule has 2 nitrogen and oxygen atoms in total. The van der Waals surface area contributed by atoms with Crippen molar-refractivity contribution in [3.05, 3.63) is 89.8 Å². The molecule has 0 heterocycles. The minimum Gasteiger partial charge on any atom is -0.420 e. The Morgan fingerprint density at radius 1 is 1.03 bits per heavy atom. The quantitative estimate of drug-likeness (QED) is 0.206. The van der Waals surface area contributed by atoms with E-state index in [0.29, 0.717) is 11.5 Å². The van der Waals surface area contributed by atoms with Gasteiger partial charge in [-0.25, -0.2) is 9.18 Å². The third kappa shape index (κ3) is 6.72. The molecule has 0 bridgehead atoms. The summed E-state index contributed by atoms with van der Waals surface area (Å²) in [6.07, 6.45) is 18.1. The van der Waals surface area contributed by atoms with Crippen LogP contribution in [-0.4, -0.2) is 5.97 Å². The van der Waals surface area contributed by atoms with E-state index in [1.807, 2.05) is 31.2 Å². The van der Waals surface area contributed by atoms with Crippen LogP contribution in [0.2, 0.25) is 0 Å². The van der Waals surface area contributed by atoms with E-state index in [1.165, 1.54) is 56.6 Å². The van der Waals surface area contributed by atoms with Crippen LogP contribution < -0.4 is 4.74 Å². The highest BCUT2D eigenvalue weighted by atomic mass is 19.1. The number of rotatable bonds is 9. The van der Waals surface area contributed by atoms with Gasteiger partial charge in [-0.3, -0.25) is 0 Å². The number of allylic oxidation sites excluding steroid dienone is 3. The fraction of sp³-hybridized carbons (Fsp3) is 0.469. The Labute approximate surface area is 210 Å². The fourth-order valence-corrected chi connectivity index (χ4v) is 6.15. The van der Waals surface area contributed by atoms with Gasteiger partial charge in [0.1, 0.15) is 0 Å². The summed E-state index contributed by atoms with van der Waals surface area (Å²) >= 11 is 0. The molecule has 4 rings (SSSR count). The van der Waals surface area contributed by atoms with Crippen LogP contribution in [0.1, 0.15) is 92.1 Å². The SMILES string of the molecule is C=CCCC1CCC2CC(c3ccc(C(=O)Oc4ccc(CC/C=C/C)cc4F)cc3)CCC2C1. The van der Waals surface area contributed by atoms with Crippen molar-refractivity contribution >= 4 is 5.97 Å². The summed E-state index contributed by atoms with van der Waals surface area (Å²) in [5.41, 5.74) is 2.66. The average molecular weight is 475 g/mol. The van der Waals surface area contributed by atoms with Gasteiger partial charge in [-0.2, -0.15) is 0 Å². The van der Waals surface area contributed by atoms with E-state index < -0.39 is 11.8 Å². The Morgan fingerprint density at radius 3 is 2.54 bits per heavy atom. The van der Waals surface area contributed by atoms with E-state index in [4.69, 9.17) is 4.74 Å². The molecule has 0 aliphatic heterocycles. The van der Waals surface area contributed by atoms with Crippen LogP contribution in [0.4, 0.5) is 4.39 Å². The molecule has 0 radical (unpaired) electrons. The van der Waals surface area contributed by atoms with E-state index in [1.54, 1.807) is 6.07 Å². The molecule has 2 aromatic rings. The highest BCUT2D eigenvalue weighted by molar-refractivity contribution is 5.91. The van der Waals surface area contributed by atoms with Crippen molar-refractivity contribution in [2.45, 2.75) is 77.0 Å². The van der Waals surface area contributed by atoms with Gasteiger partial charge in [0.15, 0.2) is 11.6 Å². The normalized spacial score (nSPS) is 24.2. The van der Waals surface area contributed by atoms with Gasteiger partial charge < -0.3 is 4.74 Å². The van der Waals surface area contributed by atoms with Crippen LogP contribution in [0.5, 0.6) is 5.75 Å². The predicted octanol–water partition coefficient (Wildman–Crippen LogP) is 8.82. The molecule has 4 unspecified atom stereocenters. The van der Waals surface area contributed by atoms with Gasteiger partial charge in [-0.05, 0) is 124 Å². The van der Waals surface area contributed by atoms with Crippen LogP contribution in [0.25, 0.3) is 0 Å². The molecule has 0 N–H and O–H groups in total. The summed E-state index contributed by atoms with van der Waals surface area (Å²) in [6.45, 7) is 5.85. The maximum Gasteiger partial charge on any atom is 0.343 e. The highest BCUT2D eigenvalue weighted by Gasteiger charge is 2.35. The summed E-state index contributed by atoms with van der Waals surface area (Å²) in [4.78, 5) is 12.6. The Balaban J connectivity index is 1.31. The van der Waals surface area contributed by atoms with Gasteiger partial charge in [-0.1, -0.05) is 42.8 Å². The first kappa shape index (κ1) is 25.4. The average Bonchev–Trinajstić information content (AvgIpc) is 2.88. The Bertz CT molecular complexity index is 1020. The Morgan fingerprint density at radius 2 is 1.80 bits per heavy atom.